The van der Waals surface area contributed by atoms with Crippen molar-refractivity contribution in [2.75, 3.05) is 10.6 Å². The highest BCUT2D eigenvalue weighted by Crippen LogP contribution is 2.29. The van der Waals surface area contributed by atoms with Gasteiger partial charge in [0.15, 0.2) is 16.8 Å². The second-order valence-corrected chi connectivity index (χ2v) is 10.1. The first-order valence-corrected chi connectivity index (χ1v) is 11.9. The lowest BCUT2D eigenvalue weighted by atomic mass is 9.88. The van der Waals surface area contributed by atoms with Crippen LogP contribution in [0.3, 0.4) is 0 Å². The highest BCUT2D eigenvalue weighted by Gasteiger charge is 2.22. The van der Waals surface area contributed by atoms with E-state index >= 15 is 0 Å². The Hall–Kier alpha value is -3.97. The number of thiazole rings is 1. The van der Waals surface area contributed by atoms with Crippen LogP contribution in [-0.4, -0.2) is 42.1 Å². The molecule has 0 radical (unpaired) electrons. The average Bonchev–Trinajstić information content (AvgIpc) is 3.52. The number of carbonyl (C=O) groups is 2. The van der Waals surface area contributed by atoms with Crippen LogP contribution in [0.2, 0.25) is 5.15 Å². The number of aromatic nitrogens is 6. The summed E-state index contributed by atoms with van der Waals surface area (Å²) in [6, 6.07) is 4.32. The number of hydrogen-bond acceptors (Lipinski definition) is 11. The molecule has 36 heavy (non-hydrogen) atoms. The van der Waals surface area contributed by atoms with Gasteiger partial charge in [-0.05, 0) is 18.4 Å². The molecule has 0 saturated carbocycles. The minimum absolute atomic E-state index is 0.147. The first-order chi connectivity index (χ1) is 17.1. The van der Waals surface area contributed by atoms with Crippen LogP contribution < -0.4 is 16.0 Å². The van der Waals surface area contributed by atoms with E-state index in [0.717, 1.165) is 16.9 Å². The van der Waals surface area contributed by atoms with Gasteiger partial charge in [-0.25, -0.2) is 15.0 Å². The molecule has 0 saturated heterocycles. The molecule has 4 aromatic rings. The molecule has 1 unspecified atom stereocenters. The SMILES string of the molecule is CC(NC(=O)c1cc(Nc2ccon2)ncn1)c1ncc(C(=O)Nc2cc(C(C)(C)C)c(Cl)nn2)s1. The zero-order valence-electron chi connectivity index (χ0n) is 19.7. The molecule has 0 aliphatic rings. The van der Waals surface area contributed by atoms with E-state index in [1.165, 1.54) is 24.9 Å². The summed E-state index contributed by atoms with van der Waals surface area (Å²) in [6.45, 7) is 7.72. The summed E-state index contributed by atoms with van der Waals surface area (Å²) < 4.78 is 4.76. The first-order valence-electron chi connectivity index (χ1n) is 10.7. The third-order valence-corrected chi connectivity index (χ3v) is 6.32. The Morgan fingerprint density at radius 2 is 1.86 bits per heavy atom. The number of anilines is 3. The highest BCUT2D eigenvalue weighted by atomic mass is 35.5. The van der Waals surface area contributed by atoms with Crippen LogP contribution in [0.5, 0.6) is 0 Å². The van der Waals surface area contributed by atoms with Crippen molar-refractivity contribution in [3.8, 4) is 0 Å². The van der Waals surface area contributed by atoms with Crippen molar-refractivity contribution in [2.24, 2.45) is 0 Å². The quantitative estimate of drug-likeness (QED) is 0.318. The second kappa shape index (κ2) is 10.3. The van der Waals surface area contributed by atoms with E-state index in [9.17, 15) is 9.59 Å². The second-order valence-electron chi connectivity index (χ2n) is 8.69. The van der Waals surface area contributed by atoms with Crippen LogP contribution in [0.25, 0.3) is 0 Å². The molecule has 0 aliphatic heterocycles. The summed E-state index contributed by atoms with van der Waals surface area (Å²) in [4.78, 5) is 38.2. The van der Waals surface area contributed by atoms with Gasteiger partial charge in [0, 0.05) is 17.7 Å². The van der Waals surface area contributed by atoms with Gasteiger partial charge in [0.1, 0.15) is 34.0 Å². The Kier molecular flexibility index (Phi) is 7.22. The molecule has 0 bridgehead atoms. The zero-order chi connectivity index (χ0) is 25.9. The van der Waals surface area contributed by atoms with Crippen LogP contribution in [0.15, 0.2) is 41.5 Å². The Morgan fingerprint density at radius 1 is 1.06 bits per heavy atom. The summed E-state index contributed by atoms with van der Waals surface area (Å²) >= 11 is 7.30. The van der Waals surface area contributed by atoms with Gasteiger partial charge in [-0.1, -0.05) is 37.5 Å². The van der Waals surface area contributed by atoms with Crippen molar-refractivity contribution in [1.82, 2.24) is 35.6 Å². The topological polar surface area (TPSA) is 161 Å². The Bertz CT molecular complexity index is 1390. The van der Waals surface area contributed by atoms with Gasteiger partial charge in [-0.15, -0.1) is 21.5 Å². The monoisotopic (exact) mass is 527 g/mol. The van der Waals surface area contributed by atoms with Gasteiger partial charge in [0.2, 0.25) is 0 Å². The van der Waals surface area contributed by atoms with Crippen molar-refractivity contribution in [2.45, 2.75) is 39.2 Å². The molecule has 0 aliphatic carbocycles. The molecule has 4 aromatic heterocycles. The lowest BCUT2D eigenvalue weighted by Crippen LogP contribution is -2.27. The highest BCUT2D eigenvalue weighted by molar-refractivity contribution is 7.13. The molecule has 12 nitrogen and oxygen atoms in total. The van der Waals surface area contributed by atoms with E-state index in [4.69, 9.17) is 16.1 Å². The average molecular weight is 528 g/mol. The first kappa shape index (κ1) is 25.1. The van der Waals surface area contributed by atoms with Crippen molar-refractivity contribution in [3.05, 3.63) is 63.3 Å². The standard InChI is InChI=1S/C22H22ClN9O3S/c1-11(27-19(33)13-8-16(26-10-25-13)28-15-5-6-35-32-15)21-24-9-14(36-21)20(34)29-17-7-12(22(2,3)4)18(23)31-30-17/h5-11H,1-4H3,(H,27,33)(H,29,30,34)(H,25,26,28,32). The Morgan fingerprint density at radius 3 is 2.58 bits per heavy atom. The van der Waals surface area contributed by atoms with E-state index in [-0.39, 0.29) is 22.1 Å². The number of amides is 2. The third kappa shape index (κ3) is 5.98. The van der Waals surface area contributed by atoms with E-state index in [1.54, 1.807) is 19.1 Å². The van der Waals surface area contributed by atoms with Crippen LogP contribution in [0, 0.1) is 0 Å². The van der Waals surface area contributed by atoms with Gasteiger partial charge in [0.25, 0.3) is 11.8 Å². The largest absolute Gasteiger partial charge is 0.363 e. The molecule has 0 spiro atoms. The van der Waals surface area contributed by atoms with Gasteiger partial charge in [0.05, 0.1) is 12.2 Å². The minimum atomic E-state index is -0.478. The van der Waals surface area contributed by atoms with Crippen molar-refractivity contribution in [3.63, 3.8) is 0 Å². The summed E-state index contributed by atoms with van der Waals surface area (Å²) in [5, 5.41) is 20.9. The van der Waals surface area contributed by atoms with Crippen LogP contribution >= 0.6 is 22.9 Å². The van der Waals surface area contributed by atoms with Crippen molar-refractivity contribution in [1.29, 1.82) is 0 Å². The smallest absolute Gasteiger partial charge is 0.270 e. The number of nitrogens with one attached hydrogen (secondary N) is 3. The minimum Gasteiger partial charge on any atom is -0.363 e. The van der Waals surface area contributed by atoms with Gasteiger partial charge in [-0.2, -0.15) is 0 Å². The van der Waals surface area contributed by atoms with E-state index in [1.807, 2.05) is 20.8 Å². The molecule has 14 heteroatoms. The predicted molar refractivity (Wildman–Crippen MR) is 134 cm³/mol. The molecule has 0 aromatic carbocycles. The lowest BCUT2D eigenvalue weighted by Gasteiger charge is -2.20. The van der Waals surface area contributed by atoms with E-state index < -0.39 is 17.9 Å². The molecule has 2 amide bonds. The van der Waals surface area contributed by atoms with Crippen molar-refractivity contribution < 1.29 is 14.1 Å². The number of rotatable bonds is 7. The van der Waals surface area contributed by atoms with Gasteiger partial charge in [-0.3, -0.25) is 9.59 Å². The molecular formula is C22H22ClN9O3S. The molecule has 3 N–H and O–H groups in total. The van der Waals surface area contributed by atoms with Crippen molar-refractivity contribution >= 4 is 52.2 Å². The third-order valence-electron chi connectivity index (χ3n) is 4.86. The number of hydrogen-bond donors (Lipinski definition) is 3. The fourth-order valence-electron chi connectivity index (χ4n) is 3.02. The maximum atomic E-state index is 12.7. The normalized spacial score (nSPS) is 12.1. The molecule has 4 rings (SSSR count). The van der Waals surface area contributed by atoms with E-state index in [2.05, 4.69) is 46.3 Å². The molecule has 0 fully saturated rings. The number of carbonyl (C=O) groups excluding carboxylic acids is 2. The predicted octanol–water partition coefficient (Wildman–Crippen LogP) is 4.15. The fourth-order valence-corrected chi connectivity index (χ4v) is 4.22. The van der Waals surface area contributed by atoms with Gasteiger partial charge >= 0.3 is 0 Å². The number of nitrogens with zero attached hydrogens (tertiary/aromatic N) is 6. The fraction of sp³-hybridized carbons (Fsp3) is 0.273. The Labute approximate surface area is 214 Å². The van der Waals surface area contributed by atoms with E-state index in [0.29, 0.717) is 21.5 Å². The summed E-state index contributed by atoms with van der Waals surface area (Å²) in [5.41, 5.74) is 0.641. The van der Waals surface area contributed by atoms with Gasteiger partial charge < -0.3 is 20.5 Å². The summed E-state index contributed by atoms with van der Waals surface area (Å²) in [7, 11) is 0. The molecule has 4 heterocycles. The van der Waals surface area contributed by atoms with Crippen LogP contribution in [-0.2, 0) is 5.41 Å². The Balaban J connectivity index is 1.40. The molecule has 1 atom stereocenters. The van der Waals surface area contributed by atoms with Crippen LogP contribution in [0.4, 0.5) is 17.5 Å². The maximum Gasteiger partial charge on any atom is 0.270 e. The maximum absolute atomic E-state index is 12.7. The zero-order valence-corrected chi connectivity index (χ0v) is 21.3. The molecule has 186 valence electrons. The number of halogens is 1. The summed E-state index contributed by atoms with van der Waals surface area (Å²) in [6.07, 6.45) is 4.11. The molecular weight excluding hydrogens is 506 g/mol. The lowest BCUT2D eigenvalue weighted by molar-refractivity contribution is 0.0934. The summed E-state index contributed by atoms with van der Waals surface area (Å²) in [5.74, 6) is 0.282. The van der Waals surface area contributed by atoms with Crippen LogP contribution in [0.1, 0.15) is 64.5 Å².